The predicted octanol–water partition coefficient (Wildman–Crippen LogP) is 3.52. The van der Waals surface area contributed by atoms with Crippen molar-refractivity contribution in [3.05, 3.63) is 33.3 Å². The van der Waals surface area contributed by atoms with Crippen molar-refractivity contribution in [1.29, 1.82) is 0 Å². The fourth-order valence-corrected chi connectivity index (χ4v) is 3.32. The molecule has 0 bridgehead atoms. The predicted molar refractivity (Wildman–Crippen MR) is 83.5 cm³/mol. The van der Waals surface area contributed by atoms with Gasteiger partial charge in [-0.1, -0.05) is 11.6 Å². The summed E-state index contributed by atoms with van der Waals surface area (Å²) in [6.45, 7) is 1.35. The third-order valence-electron chi connectivity index (χ3n) is 4.08. The van der Waals surface area contributed by atoms with Crippen molar-refractivity contribution >= 4 is 33.4 Å². The van der Waals surface area contributed by atoms with E-state index in [4.69, 9.17) is 21.1 Å². The number of amides is 1. The highest BCUT2D eigenvalue weighted by atomic mass is 79.9. The van der Waals surface area contributed by atoms with E-state index in [0.29, 0.717) is 23.8 Å². The standard InChI is InChI=1S/C15H17BrClNO3/c16-12-2-1-10(9-13(12)17)14(19)18-11-3-5-15(6-4-11)20-7-8-21-15/h1-2,9,11H,3-8H2,(H,18,19). The van der Waals surface area contributed by atoms with Crippen LogP contribution in [-0.2, 0) is 9.47 Å². The second-order valence-corrected chi connectivity index (χ2v) is 6.75. The fraction of sp³-hybridized carbons (Fsp3) is 0.533. The van der Waals surface area contributed by atoms with Gasteiger partial charge < -0.3 is 14.8 Å². The summed E-state index contributed by atoms with van der Waals surface area (Å²) in [6.07, 6.45) is 3.41. The van der Waals surface area contributed by atoms with E-state index >= 15 is 0 Å². The van der Waals surface area contributed by atoms with Crippen LogP contribution in [0.4, 0.5) is 0 Å². The van der Waals surface area contributed by atoms with Crippen molar-refractivity contribution < 1.29 is 14.3 Å². The molecule has 3 rings (SSSR count). The summed E-state index contributed by atoms with van der Waals surface area (Å²) in [5.41, 5.74) is 0.580. The molecule has 114 valence electrons. The minimum atomic E-state index is -0.387. The maximum Gasteiger partial charge on any atom is 0.251 e. The maximum absolute atomic E-state index is 12.2. The molecule has 1 spiro atoms. The number of halogens is 2. The van der Waals surface area contributed by atoms with E-state index in [0.717, 1.165) is 30.2 Å². The minimum Gasteiger partial charge on any atom is -0.349 e. The Morgan fingerprint density at radius 1 is 1.29 bits per heavy atom. The van der Waals surface area contributed by atoms with Gasteiger partial charge in [0.05, 0.1) is 18.2 Å². The summed E-state index contributed by atoms with van der Waals surface area (Å²) < 4.78 is 12.2. The van der Waals surface area contributed by atoms with Crippen LogP contribution in [0.15, 0.2) is 22.7 Å². The highest BCUT2D eigenvalue weighted by Gasteiger charge is 2.40. The molecule has 2 fully saturated rings. The quantitative estimate of drug-likeness (QED) is 0.861. The van der Waals surface area contributed by atoms with Crippen molar-refractivity contribution in [3.63, 3.8) is 0 Å². The number of carbonyl (C=O) groups is 1. The second-order valence-electron chi connectivity index (χ2n) is 5.48. The lowest BCUT2D eigenvalue weighted by Crippen LogP contribution is -2.44. The zero-order valence-electron chi connectivity index (χ0n) is 11.5. The molecule has 6 heteroatoms. The van der Waals surface area contributed by atoms with Gasteiger partial charge in [-0.15, -0.1) is 0 Å². The van der Waals surface area contributed by atoms with E-state index < -0.39 is 0 Å². The van der Waals surface area contributed by atoms with Crippen LogP contribution in [0.2, 0.25) is 5.02 Å². The molecule has 1 aromatic carbocycles. The summed E-state index contributed by atoms with van der Waals surface area (Å²) in [4.78, 5) is 12.2. The molecule has 0 unspecified atom stereocenters. The number of hydrogen-bond acceptors (Lipinski definition) is 3. The number of nitrogens with one attached hydrogen (secondary N) is 1. The Balaban J connectivity index is 1.57. The van der Waals surface area contributed by atoms with Gasteiger partial charge >= 0.3 is 0 Å². The van der Waals surface area contributed by atoms with Crippen LogP contribution in [0.1, 0.15) is 36.0 Å². The van der Waals surface area contributed by atoms with Crippen molar-refractivity contribution in [2.45, 2.75) is 37.5 Å². The first-order chi connectivity index (χ1) is 10.1. The lowest BCUT2D eigenvalue weighted by molar-refractivity contribution is -0.179. The molecule has 0 atom stereocenters. The molecule has 1 saturated carbocycles. The molecule has 1 heterocycles. The van der Waals surface area contributed by atoms with Gasteiger partial charge in [-0.25, -0.2) is 0 Å². The topological polar surface area (TPSA) is 47.6 Å². The van der Waals surface area contributed by atoms with Crippen LogP contribution in [-0.4, -0.2) is 30.9 Å². The summed E-state index contributed by atoms with van der Waals surface area (Å²) in [6, 6.07) is 5.39. The Morgan fingerprint density at radius 3 is 2.57 bits per heavy atom. The van der Waals surface area contributed by atoms with Crippen LogP contribution in [0.5, 0.6) is 0 Å². The van der Waals surface area contributed by atoms with E-state index in [1.165, 1.54) is 0 Å². The van der Waals surface area contributed by atoms with E-state index in [9.17, 15) is 4.79 Å². The van der Waals surface area contributed by atoms with Crippen molar-refractivity contribution in [3.8, 4) is 0 Å². The molecule has 1 amide bonds. The van der Waals surface area contributed by atoms with E-state index in [-0.39, 0.29) is 17.7 Å². The summed E-state index contributed by atoms with van der Waals surface area (Å²) in [5.74, 6) is -0.471. The molecule has 4 nitrogen and oxygen atoms in total. The number of ether oxygens (including phenoxy) is 2. The van der Waals surface area contributed by atoms with Crippen LogP contribution >= 0.6 is 27.5 Å². The molecule has 1 saturated heterocycles. The minimum absolute atomic E-state index is 0.0846. The maximum atomic E-state index is 12.2. The van der Waals surface area contributed by atoms with Gasteiger partial charge in [0.2, 0.25) is 0 Å². The second kappa shape index (κ2) is 6.24. The Kier molecular flexibility index (Phi) is 4.54. The van der Waals surface area contributed by atoms with Crippen LogP contribution in [0.25, 0.3) is 0 Å². The molecule has 2 aliphatic rings. The normalized spacial score (nSPS) is 21.6. The molecular weight excluding hydrogens is 358 g/mol. The highest BCUT2D eigenvalue weighted by Crippen LogP contribution is 2.35. The lowest BCUT2D eigenvalue weighted by Gasteiger charge is -2.35. The van der Waals surface area contributed by atoms with Gasteiger partial charge in [0.1, 0.15) is 0 Å². The SMILES string of the molecule is O=C(NC1CCC2(CC1)OCCO2)c1ccc(Br)c(Cl)c1. The zero-order valence-corrected chi connectivity index (χ0v) is 13.9. The number of benzene rings is 1. The Morgan fingerprint density at radius 2 is 1.95 bits per heavy atom. The Hall–Kier alpha value is -0.620. The third-order valence-corrected chi connectivity index (χ3v) is 5.31. The first kappa shape index (κ1) is 15.3. The number of carbonyl (C=O) groups excluding carboxylic acids is 1. The highest BCUT2D eigenvalue weighted by molar-refractivity contribution is 9.10. The Labute approximate surface area is 137 Å². The van der Waals surface area contributed by atoms with E-state index in [1.54, 1.807) is 18.2 Å². The zero-order chi connectivity index (χ0) is 14.9. The van der Waals surface area contributed by atoms with Gasteiger partial charge in [-0.3, -0.25) is 4.79 Å². The van der Waals surface area contributed by atoms with E-state index in [2.05, 4.69) is 21.2 Å². The largest absolute Gasteiger partial charge is 0.349 e. The Bertz CT molecular complexity index is 536. The molecule has 1 aliphatic heterocycles. The van der Waals surface area contributed by atoms with Crippen LogP contribution in [0.3, 0.4) is 0 Å². The van der Waals surface area contributed by atoms with Crippen molar-refractivity contribution in [1.82, 2.24) is 5.32 Å². The average Bonchev–Trinajstić information content (AvgIpc) is 2.93. The summed E-state index contributed by atoms with van der Waals surface area (Å²) in [5, 5.41) is 3.60. The third kappa shape index (κ3) is 3.42. The lowest BCUT2D eigenvalue weighted by atomic mass is 9.90. The van der Waals surface area contributed by atoms with Gasteiger partial charge in [-0.2, -0.15) is 0 Å². The van der Waals surface area contributed by atoms with Crippen LogP contribution < -0.4 is 5.32 Å². The van der Waals surface area contributed by atoms with Gasteiger partial charge in [-0.05, 0) is 47.0 Å². The van der Waals surface area contributed by atoms with Crippen LogP contribution in [0, 0.1) is 0 Å². The molecule has 1 N–H and O–H groups in total. The van der Waals surface area contributed by atoms with Crippen molar-refractivity contribution in [2.75, 3.05) is 13.2 Å². The fourth-order valence-electron chi connectivity index (χ4n) is 2.89. The smallest absolute Gasteiger partial charge is 0.251 e. The number of rotatable bonds is 2. The molecule has 1 aliphatic carbocycles. The molecule has 21 heavy (non-hydrogen) atoms. The molecular formula is C15H17BrClNO3. The number of hydrogen-bond donors (Lipinski definition) is 1. The first-order valence-electron chi connectivity index (χ1n) is 7.12. The molecule has 0 aromatic heterocycles. The summed E-state index contributed by atoms with van der Waals surface area (Å²) in [7, 11) is 0. The summed E-state index contributed by atoms with van der Waals surface area (Å²) >= 11 is 9.34. The molecule has 1 aromatic rings. The van der Waals surface area contributed by atoms with Gasteiger partial charge in [0.15, 0.2) is 5.79 Å². The van der Waals surface area contributed by atoms with Gasteiger partial charge in [0, 0.05) is 28.9 Å². The first-order valence-corrected chi connectivity index (χ1v) is 8.29. The average molecular weight is 375 g/mol. The molecule has 0 radical (unpaired) electrons. The van der Waals surface area contributed by atoms with Gasteiger partial charge in [0.25, 0.3) is 5.91 Å². The van der Waals surface area contributed by atoms with E-state index in [1.807, 2.05) is 0 Å². The monoisotopic (exact) mass is 373 g/mol. The van der Waals surface area contributed by atoms with Crippen molar-refractivity contribution in [2.24, 2.45) is 0 Å².